The van der Waals surface area contributed by atoms with E-state index in [1.807, 2.05) is 26.4 Å². The van der Waals surface area contributed by atoms with Crippen molar-refractivity contribution >= 4 is 0 Å². The molecule has 0 amide bonds. The van der Waals surface area contributed by atoms with E-state index in [2.05, 4.69) is 10.4 Å². The molecule has 0 aliphatic carbocycles. The molecule has 0 atom stereocenters. The first-order chi connectivity index (χ1) is 5.79. The van der Waals surface area contributed by atoms with Crippen LogP contribution in [0.5, 0.6) is 0 Å². The summed E-state index contributed by atoms with van der Waals surface area (Å²) >= 11 is 0. The van der Waals surface area contributed by atoms with Gasteiger partial charge in [0.2, 0.25) is 0 Å². The fraction of sp³-hybridized carbons (Fsp3) is 0.667. The second-order valence-electron chi connectivity index (χ2n) is 3.15. The van der Waals surface area contributed by atoms with Crippen molar-refractivity contribution in [3.8, 4) is 0 Å². The highest BCUT2D eigenvalue weighted by Gasteiger charge is 1.93. The van der Waals surface area contributed by atoms with Crippen molar-refractivity contribution in [1.29, 1.82) is 0 Å². The van der Waals surface area contributed by atoms with E-state index >= 15 is 0 Å². The first-order valence-electron chi connectivity index (χ1n) is 4.45. The molecule has 68 valence electrons. The van der Waals surface area contributed by atoms with Crippen molar-refractivity contribution in [3.63, 3.8) is 0 Å². The number of rotatable bonds is 0. The van der Waals surface area contributed by atoms with Crippen LogP contribution in [0.2, 0.25) is 0 Å². The molecule has 0 radical (unpaired) electrons. The zero-order valence-electron chi connectivity index (χ0n) is 7.88. The summed E-state index contributed by atoms with van der Waals surface area (Å²) in [5.74, 6) is 0. The Balaban J connectivity index is 0.000000127. The van der Waals surface area contributed by atoms with Gasteiger partial charge in [-0.3, -0.25) is 4.68 Å². The van der Waals surface area contributed by atoms with Crippen molar-refractivity contribution in [1.82, 2.24) is 15.1 Å². The predicted molar refractivity (Wildman–Crippen MR) is 50.0 cm³/mol. The molecule has 3 heteroatoms. The van der Waals surface area contributed by atoms with Crippen molar-refractivity contribution in [3.05, 3.63) is 18.0 Å². The number of aromatic nitrogens is 2. The number of hydrogen-bond donors (Lipinski definition) is 1. The van der Waals surface area contributed by atoms with Gasteiger partial charge in [0.25, 0.3) is 0 Å². The van der Waals surface area contributed by atoms with E-state index < -0.39 is 0 Å². The maximum Gasteiger partial charge on any atom is 0.0518 e. The Morgan fingerprint density at radius 2 is 2.08 bits per heavy atom. The lowest BCUT2D eigenvalue weighted by molar-refractivity contribution is 0.767. The Labute approximate surface area is 73.8 Å². The third-order valence-corrected chi connectivity index (χ3v) is 1.79. The van der Waals surface area contributed by atoms with Crippen LogP contribution in [0, 0.1) is 6.92 Å². The van der Waals surface area contributed by atoms with E-state index in [-0.39, 0.29) is 0 Å². The monoisotopic (exact) mass is 167 g/mol. The summed E-state index contributed by atoms with van der Waals surface area (Å²) < 4.78 is 1.79. The highest BCUT2D eigenvalue weighted by Crippen LogP contribution is 1.90. The zero-order chi connectivity index (χ0) is 8.81. The molecular weight excluding hydrogens is 150 g/mol. The quantitative estimate of drug-likeness (QED) is 0.627. The number of nitrogens with one attached hydrogen (secondary N) is 1. The van der Waals surface area contributed by atoms with Crippen LogP contribution in [0.3, 0.4) is 0 Å². The van der Waals surface area contributed by atoms with Gasteiger partial charge in [0, 0.05) is 13.2 Å². The molecular formula is C9H17N3. The highest BCUT2D eigenvalue weighted by molar-refractivity contribution is 4.98. The highest BCUT2D eigenvalue weighted by atomic mass is 15.2. The van der Waals surface area contributed by atoms with E-state index in [9.17, 15) is 0 Å². The summed E-state index contributed by atoms with van der Waals surface area (Å²) in [7, 11) is 1.91. The van der Waals surface area contributed by atoms with Gasteiger partial charge in [-0.05, 0) is 38.4 Å². The van der Waals surface area contributed by atoms with Gasteiger partial charge in [-0.15, -0.1) is 0 Å². The van der Waals surface area contributed by atoms with E-state index in [1.165, 1.54) is 31.5 Å². The standard InChI is InChI=1S/C5H8N2.C4H9N/c1-5-3-6-7(2)4-5;1-2-4-5-3-1/h3-4H,1-2H3;5H,1-4H2. The largest absolute Gasteiger partial charge is 0.317 e. The molecule has 1 N–H and O–H groups in total. The average molecular weight is 167 g/mol. The molecule has 0 bridgehead atoms. The number of aryl methyl sites for hydroxylation is 2. The molecule has 2 rings (SSSR count). The van der Waals surface area contributed by atoms with Gasteiger partial charge in [-0.25, -0.2) is 0 Å². The minimum Gasteiger partial charge on any atom is -0.317 e. The van der Waals surface area contributed by atoms with Crippen LogP contribution in [-0.2, 0) is 7.05 Å². The third kappa shape index (κ3) is 3.53. The van der Waals surface area contributed by atoms with Crippen LogP contribution >= 0.6 is 0 Å². The van der Waals surface area contributed by atoms with E-state index in [4.69, 9.17) is 0 Å². The number of nitrogens with zero attached hydrogens (tertiary/aromatic N) is 2. The van der Waals surface area contributed by atoms with Crippen LogP contribution in [0.15, 0.2) is 12.4 Å². The molecule has 3 nitrogen and oxygen atoms in total. The van der Waals surface area contributed by atoms with E-state index in [1.54, 1.807) is 4.68 Å². The molecule has 0 aromatic carbocycles. The fourth-order valence-corrected chi connectivity index (χ4v) is 1.17. The Hall–Kier alpha value is -0.830. The normalized spacial score (nSPS) is 15.5. The van der Waals surface area contributed by atoms with Crippen molar-refractivity contribution in [2.24, 2.45) is 7.05 Å². The minimum atomic E-state index is 1.21. The SMILES string of the molecule is C1CCNC1.Cc1cnn(C)c1. The van der Waals surface area contributed by atoms with Gasteiger partial charge < -0.3 is 5.32 Å². The first kappa shape index (κ1) is 9.26. The lowest BCUT2D eigenvalue weighted by Gasteiger charge is -1.78. The van der Waals surface area contributed by atoms with Gasteiger partial charge in [0.05, 0.1) is 6.20 Å². The van der Waals surface area contributed by atoms with Crippen LogP contribution in [-0.4, -0.2) is 22.9 Å². The lowest BCUT2D eigenvalue weighted by Crippen LogP contribution is -2.03. The molecule has 0 spiro atoms. The topological polar surface area (TPSA) is 29.9 Å². The molecule has 1 aromatic rings. The van der Waals surface area contributed by atoms with Crippen LogP contribution in [0.1, 0.15) is 18.4 Å². The maximum absolute atomic E-state index is 3.93. The third-order valence-electron chi connectivity index (χ3n) is 1.79. The van der Waals surface area contributed by atoms with Crippen LogP contribution < -0.4 is 5.32 Å². The lowest BCUT2D eigenvalue weighted by atomic mass is 10.4. The molecule has 0 unspecified atom stereocenters. The summed E-state index contributed by atoms with van der Waals surface area (Å²) in [6.07, 6.45) is 6.58. The summed E-state index contributed by atoms with van der Waals surface area (Å²) in [6, 6.07) is 0. The van der Waals surface area contributed by atoms with Gasteiger partial charge in [0.1, 0.15) is 0 Å². The Morgan fingerprint density at radius 1 is 1.42 bits per heavy atom. The Morgan fingerprint density at radius 3 is 2.25 bits per heavy atom. The van der Waals surface area contributed by atoms with Crippen molar-refractivity contribution < 1.29 is 0 Å². The van der Waals surface area contributed by atoms with Crippen molar-refractivity contribution in [2.45, 2.75) is 19.8 Å². The Bertz CT molecular complexity index is 189. The summed E-state index contributed by atoms with van der Waals surface area (Å²) in [6.45, 7) is 4.52. The fourth-order valence-electron chi connectivity index (χ4n) is 1.17. The second kappa shape index (κ2) is 4.93. The molecule has 1 fully saturated rings. The minimum absolute atomic E-state index is 1.21. The maximum atomic E-state index is 3.93. The molecule has 12 heavy (non-hydrogen) atoms. The van der Waals surface area contributed by atoms with Gasteiger partial charge in [0.15, 0.2) is 0 Å². The van der Waals surface area contributed by atoms with Gasteiger partial charge in [-0.2, -0.15) is 5.10 Å². The molecule has 2 heterocycles. The van der Waals surface area contributed by atoms with Gasteiger partial charge >= 0.3 is 0 Å². The second-order valence-corrected chi connectivity index (χ2v) is 3.15. The van der Waals surface area contributed by atoms with Crippen molar-refractivity contribution in [2.75, 3.05) is 13.1 Å². The molecule has 1 aliphatic rings. The molecule has 1 aromatic heterocycles. The summed E-state index contributed by atoms with van der Waals surface area (Å²) in [4.78, 5) is 0. The summed E-state index contributed by atoms with van der Waals surface area (Å²) in [5, 5.41) is 7.16. The first-order valence-corrected chi connectivity index (χ1v) is 4.45. The Kier molecular flexibility index (Phi) is 3.80. The zero-order valence-corrected chi connectivity index (χ0v) is 7.88. The van der Waals surface area contributed by atoms with E-state index in [0.717, 1.165) is 0 Å². The van der Waals surface area contributed by atoms with Crippen LogP contribution in [0.4, 0.5) is 0 Å². The average Bonchev–Trinajstić information content (AvgIpc) is 2.63. The van der Waals surface area contributed by atoms with Crippen LogP contribution in [0.25, 0.3) is 0 Å². The predicted octanol–water partition coefficient (Wildman–Crippen LogP) is 1.10. The smallest absolute Gasteiger partial charge is 0.0518 e. The van der Waals surface area contributed by atoms with E-state index in [0.29, 0.717) is 0 Å². The molecule has 0 saturated carbocycles. The van der Waals surface area contributed by atoms with Gasteiger partial charge in [-0.1, -0.05) is 0 Å². The molecule has 1 saturated heterocycles. The molecule has 1 aliphatic heterocycles. The summed E-state index contributed by atoms with van der Waals surface area (Å²) in [5.41, 5.74) is 1.21. The number of hydrogen-bond acceptors (Lipinski definition) is 2.